The smallest absolute Gasteiger partial charge is 0.120 e. The zero-order valence-corrected chi connectivity index (χ0v) is 7.21. The third-order valence-electron chi connectivity index (χ3n) is 1.33. The van der Waals surface area contributed by atoms with Crippen LogP contribution in [0.5, 0.6) is 0 Å². The van der Waals surface area contributed by atoms with E-state index in [2.05, 4.69) is 0 Å². The fourth-order valence-electron chi connectivity index (χ4n) is 0.659. The zero-order chi connectivity index (χ0) is 8.53. The van der Waals surface area contributed by atoms with Crippen molar-refractivity contribution in [3.05, 3.63) is 0 Å². The molecule has 0 bridgehead atoms. The lowest BCUT2D eigenvalue weighted by Crippen LogP contribution is -2.09. The minimum atomic E-state index is 0.323. The Balaban J connectivity index is 3.03. The van der Waals surface area contributed by atoms with Gasteiger partial charge in [-0.3, -0.25) is 0 Å². The molecule has 3 heteroatoms. The summed E-state index contributed by atoms with van der Waals surface area (Å²) in [7, 11) is 1.64. The fourth-order valence-corrected chi connectivity index (χ4v) is 0.659. The van der Waals surface area contributed by atoms with Gasteiger partial charge in [-0.05, 0) is 5.92 Å². The lowest BCUT2D eigenvalue weighted by atomic mass is 10.1. The minimum absolute atomic E-state index is 0.323. The van der Waals surface area contributed by atoms with E-state index < -0.39 is 0 Å². The highest BCUT2D eigenvalue weighted by molar-refractivity contribution is 5.49. The Bertz CT molecular complexity index is 93.3. The maximum Gasteiger partial charge on any atom is 0.120 e. The molecule has 0 N–H and O–H groups in total. The lowest BCUT2D eigenvalue weighted by molar-refractivity contribution is -0.109. The van der Waals surface area contributed by atoms with E-state index in [4.69, 9.17) is 9.47 Å². The molecule has 0 aliphatic carbocycles. The van der Waals surface area contributed by atoms with Crippen molar-refractivity contribution < 1.29 is 14.3 Å². The van der Waals surface area contributed by atoms with Gasteiger partial charge in [-0.15, -0.1) is 0 Å². The summed E-state index contributed by atoms with van der Waals surface area (Å²) in [5.41, 5.74) is 0. The topological polar surface area (TPSA) is 35.5 Å². The number of carbonyl (C=O) groups excluding carboxylic acids is 1. The first-order valence-electron chi connectivity index (χ1n) is 3.81. The van der Waals surface area contributed by atoms with E-state index in [0.717, 1.165) is 6.29 Å². The van der Waals surface area contributed by atoms with Gasteiger partial charge >= 0.3 is 0 Å². The maximum atomic E-state index is 10.0. The van der Waals surface area contributed by atoms with Crippen LogP contribution in [0.1, 0.15) is 13.3 Å². The van der Waals surface area contributed by atoms with Crippen molar-refractivity contribution >= 4 is 6.29 Å². The fraction of sp³-hybridized carbons (Fsp3) is 0.875. The number of hydrogen-bond acceptors (Lipinski definition) is 3. The second-order valence-corrected chi connectivity index (χ2v) is 2.58. The molecule has 1 unspecified atom stereocenters. The van der Waals surface area contributed by atoms with Gasteiger partial charge in [0.15, 0.2) is 0 Å². The molecule has 11 heavy (non-hydrogen) atoms. The third-order valence-corrected chi connectivity index (χ3v) is 1.33. The van der Waals surface area contributed by atoms with E-state index in [0.29, 0.717) is 32.2 Å². The van der Waals surface area contributed by atoms with Crippen molar-refractivity contribution in [1.29, 1.82) is 0 Å². The first-order chi connectivity index (χ1) is 5.31. The van der Waals surface area contributed by atoms with E-state index in [1.165, 1.54) is 0 Å². The molecule has 0 saturated carbocycles. The summed E-state index contributed by atoms with van der Waals surface area (Å²) in [4.78, 5) is 10.0. The second-order valence-electron chi connectivity index (χ2n) is 2.58. The molecular formula is C8H16O3. The summed E-state index contributed by atoms with van der Waals surface area (Å²) in [6.07, 6.45) is 1.50. The number of aldehydes is 1. The SMILES string of the molecule is COCCOCC(C)CC=O. The van der Waals surface area contributed by atoms with E-state index in [-0.39, 0.29) is 0 Å². The molecule has 0 fully saturated rings. The van der Waals surface area contributed by atoms with Crippen LogP contribution >= 0.6 is 0 Å². The van der Waals surface area contributed by atoms with E-state index in [1.54, 1.807) is 7.11 Å². The normalized spacial score (nSPS) is 12.9. The average molecular weight is 160 g/mol. The van der Waals surface area contributed by atoms with Crippen molar-refractivity contribution in [3.8, 4) is 0 Å². The molecule has 0 saturated heterocycles. The molecule has 0 spiro atoms. The molecule has 0 aromatic heterocycles. The predicted molar refractivity (Wildman–Crippen MR) is 42.5 cm³/mol. The Morgan fingerprint density at radius 3 is 2.73 bits per heavy atom. The molecule has 3 nitrogen and oxygen atoms in total. The van der Waals surface area contributed by atoms with Crippen molar-refractivity contribution in [2.75, 3.05) is 26.9 Å². The standard InChI is InChI=1S/C8H16O3/c1-8(3-4-9)7-11-6-5-10-2/h4,8H,3,5-7H2,1-2H3. The molecule has 0 aromatic rings. The van der Waals surface area contributed by atoms with Crippen molar-refractivity contribution in [2.45, 2.75) is 13.3 Å². The first kappa shape index (κ1) is 10.6. The quantitative estimate of drug-likeness (QED) is 0.409. The molecule has 0 aliphatic heterocycles. The minimum Gasteiger partial charge on any atom is -0.382 e. The molecular weight excluding hydrogens is 144 g/mol. The van der Waals surface area contributed by atoms with Gasteiger partial charge in [0, 0.05) is 20.1 Å². The molecule has 0 amide bonds. The molecule has 0 radical (unpaired) electrons. The lowest BCUT2D eigenvalue weighted by Gasteiger charge is -2.07. The molecule has 0 heterocycles. The molecule has 0 rings (SSSR count). The van der Waals surface area contributed by atoms with Crippen LogP contribution < -0.4 is 0 Å². The Kier molecular flexibility index (Phi) is 7.41. The number of methoxy groups -OCH3 is 1. The molecule has 0 aromatic carbocycles. The van der Waals surface area contributed by atoms with Crippen LogP contribution in [0.25, 0.3) is 0 Å². The molecule has 1 atom stereocenters. The van der Waals surface area contributed by atoms with Crippen LogP contribution in [0.15, 0.2) is 0 Å². The highest BCUT2D eigenvalue weighted by Crippen LogP contribution is 1.98. The van der Waals surface area contributed by atoms with E-state index in [1.807, 2.05) is 6.92 Å². The van der Waals surface area contributed by atoms with Gasteiger partial charge in [0.2, 0.25) is 0 Å². The van der Waals surface area contributed by atoms with Crippen LogP contribution in [0.3, 0.4) is 0 Å². The van der Waals surface area contributed by atoms with Gasteiger partial charge < -0.3 is 14.3 Å². The molecule has 66 valence electrons. The highest BCUT2D eigenvalue weighted by Gasteiger charge is 1.99. The van der Waals surface area contributed by atoms with Gasteiger partial charge in [0.05, 0.1) is 13.2 Å². The Morgan fingerprint density at radius 1 is 1.45 bits per heavy atom. The van der Waals surface area contributed by atoms with E-state index >= 15 is 0 Å². The largest absolute Gasteiger partial charge is 0.382 e. The summed E-state index contributed by atoms with van der Waals surface area (Å²) >= 11 is 0. The summed E-state index contributed by atoms with van der Waals surface area (Å²) < 4.78 is 9.99. The summed E-state index contributed by atoms with van der Waals surface area (Å²) in [5.74, 6) is 0.323. The van der Waals surface area contributed by atoms with E-state index in [9.17, 15) is 4.79 Å². The Hall–Kier alpha value is -0.410. The monoisotopic (exact) mass is 160 g/mol. The number of carbonyl (C=O) groups is 1. The Labute approximate surface area is 67.7 Å². The summed E-state index contributed by atoms with van der Waals surface area (Å²) in [6, 6.07) is 0. The summed E-state index contributed by atoms with van der Waals surface area (Å²) in [6.45, 7) is 3.86. The van der Waals surface area contributed by atoms with Crippen LogP contribution in [0.2, 0.25) is 0 Å². The highest BCUT2D eigenvalue weighted by atomic mass is 16.5. The predicted octanol–water partition coefficient (Wildman–Crippen LogP) is 0.875. The van der Waals surface area contributed by atoms with Crippen LogP contribution in [0, 0.1) is 5.92 Å². The van der Waals surface area contributed by atoms with Crippen molar-refractivity contribution in [3.63, 3.8) is 0 Å². The van der Waals surface area contributed by atoms with Gasteiger partial charge in [-0.2, -0.15) is 0 Å². The third kappa shape index (κ3) is 7.49. The van der Waals surface area contributed by atoms with Gasteiger partial charge in [0.25, 0.3) is 0 Å². The van der Waals surface area contributed by atoms with Crippen LogP contribution in [-0.2, 0) is 14.3 Å². The van der Waals surface area contributed by atoms with Crippen molar-refractivity contribution in [1.82, 2.24) is 0 Å². The molecule has 0 aliphatic rings. The van der Waals surface area contributed by atoms with Gasteiger partial charge in [-0.25, -0.2) is 0 Å². The zero-order valence-electron chi connectivity index (χ0n) is 7.21. The van der Waals surface area contributed by atoms with Crippen molar-refractivity contribution in [2.24, 2.45) is 5.92 Å². The average Bonchev–Trinajstić information content (AvgIpc) is 1.99. The number of ether oxygens (including phenoxy) is 2. The second kappa shape index (κ2) is 7.69. The first-order valence-corrected chi connectivity index (χ1v) is 3.81. The van der Waals surface area contributed by atoms with Crippen LogP contribution in [0.4, 0.5) is 0 Å². The van der Waals surface area contributed by atoms with Crippen LogP contribution in [-0.4, -0.2) is 33.2 Å². The van der Waals surface area contributed by atoms with Gasteiger partial charge in [0.1, 0.15) is 6.29 Å². The van der Waals surface area contributed by atoms with Gasteiger partial charge in [-0.1, -0.05) is 6.92 Å². The number of hydrogen-bond donors (Lipinski definition) is 0. The maximum absolute atomic E-state index is 10.0. The number of rotatable bonds is 7. The summed E-state index contributed by atoms with van der Waals surface area (Å²) in [5, 5.41) is 0. The Morgan fingerprint density at radius 2 is 2.18 bits per heavy atom.